The molecular formula is C21H15ClN2O3. The van der Waals surface area contributed by atoms with E-state index in [1.54, 1.807) is 48.5 Å². The number of carbonyl (C=O) groups excluding carboxylic acids is 1. The monoisotopic (exact) mass is 378 g/mol. The molecule has 5 nitrogen and oxygen atoms in total. The summed E-state index contributed by atoms with van der Waals surface area (Å²) in [7, 11) is 0. The van der Waals surface area contributed by atoms with Gasteiger partial charge < -0.3 is 10.4 Å². The van der Waals surface area contributed by atoms with Gasteiger partial charge in [0, 0.05) is 22.3 Å². The number of hydrogen-bond donors (Lipinski definition) is 2. The zero-order valence-corrected chi connectivity index (χ0v) is 14.9. The van der Waals surface area contributed by atoms with Crippen molar-refractivity contribution in [2.45, 2.75) is 0 Å². The van der Waals surface area contributed by atoms with Gasteiger partial charge in [-0.2, -0.15) is 0 Å². The topological polar surface area (TPSA) is 79.3 Å². The van der Waals surface area contributed by atoms with Crippen molar-refractivity contribution in [3.05, 3.63) is 89.1 Å². The standard InChI is InChI=1S/C21H15ClN2O3/c22-16-10-8-15(9-11-16)18-5-2-6-19(24-18)21(27)23-17-4-1-3-14(13-17)7-12-20(25)26/h1-13H,(H,23,27)(H,25,26)/b12-7+. The normalized spacial score (nSPS) is 10.7. The lowest BCUT2D eigenvalue weighted by Gasteiger charge is -2.07. The Bertz CT molecular complexity index is 1010. The average molecular weight is 379 g/mol. The van der Waals surface area contributed by atoms with Crippen LogP contribution >= 0.6 is 11.6 Å². The van der Waals surface area contributed by atoms with E-state index >= 15 is 0 Å². The van der Waals surface area contributed by atoms with Crippen LogP contribution < -0.4 is 5.32 Å². The molecule has 6 heteroatoms. The molecule has 0 atom stereocenters. The zero-order valence-electron chi connectivity index (χ0n) is 14.1. The summed E-state index contributed by atoms with van der Waals surface area (Å²) in [4.78, 5) is 27.5. The first kappa shape index (κ1) is 18.4. The van der Waals surface area contributed by atoms with Crippen LogP contribution in [0.25, 0.3) is 17.3 Å². The molecule has 0 radical (unpaired) electrons. The predicted molar refractivity (Wildman–Crippen MR) is 106 cm³/mol. The summed E-state index contributed by atoms with van der Waals surface area (Å²) >= 11 is 5.90. The Labute approximate surface area is 161 Å². The number of rotatable bonds is 5. The number of halogens is 1. The second-order valence-electron chi connectivity index (χ2n) is 5.67. The van der Waals surface area contributed by atoms with E-state index in [1.165, 1.54) is 6.08 Å². The van der Waals surface area contributed by atoms with Crippen LogP contribution in [0, 0.1) is 0 Å². The molecule has 1 amide bonds. The summed E-state index contributed by atoms with van der Waals surface area (Å²) in [5.41, 5.74) is 3.01. The van der Waals surface area contributed by atoms with Gasteiger partial charge in [-0.05, 0) is 48.0 Å². The summed E-state index contributed by atoms with van der Waals surface area (Å²) in [5, 5.41) is 12.1. The van der Waals surface area contributed by atoms with Gasteiger partial charge in [-0.25, -0.2) is 9.78 Å². The number of benzene rings is 2. The Morgan fingerprint density at radius 1 is 1.00 bits per heavy atom. The first-order chi connectivity index (χ1) is 13.0. The molecule has 0 aliphatic rings. The van der Waals surface area contributed by atoms with Crippen LogP contribution in [-0.4, -0.2) is 22.0 Å². The van der Waals surface area contributed by atoms with Crippen molar-refractivity contribution in [2.75, 3.05) is 5.32 Å². The Hall–Kier alpha value is -3.44. The Balaban J connectivity index is 1.79. The van der Waals surface area contributed by atoms with Crippen LogP contribution in [0.1, 0.15) is 16.1 Å². The third-order valence-electron chi connectivity index (χ3n) is 3.68. The lowest BCUT2D eigenvalue weighted by Crippen LogP contribution is -2.13. The number of anilines is 1. The van der Waals surface area contributed by atoms with Gasteiger partial charge >= 0.3 is 5.97 Å². The largest absolute Gasteiger partial charge is 0.478 e. The Morgan fingerprint density at radius 3 is 2.48 bits per heavy atom. The van der Waals surface area contributed by atoms with Crippen LogP contribution in [-0.2, 0) is 4.79 Å². The summed E-state index contributed by atoms with van der Waals surface area (Å²) in [6.45, 7) is 0. The Kier molecular flexibility index (Phi) is 5.64. The SMILES string of the molecule is O=C(O)/C=C/c1cccc(NC(=O)c2cccc(-c3ccc(Cl)cc3)n2)c1. The zero-order chi connectivity index (χ0) is 19.2. The van der Waals surface area contributed by atoms with E-state index in [-0.39, 0.29) is 11.6 Å². The molecule has 0 aliphatic heterocycles. The number of carboxylic acid groups (broad SMARTS) is 1. The van der Waals surface area contributed by atoms with Crippen LogP contribution in [0.3, 0.4) is 0 Å². The van der Waals surface area contributed by atoms with Gasteiger partial charge in [0.15, 0.2) is 0 Å². The van der Waals surface area contributed by atoms with E-state index in [2.05, 4.69) is 10.3 Å². The Morgan fingerprint density at radius 2 is 1.74 bits per heavy atom. The van der Waals surface area contributed by atoms with Crippen molar-refractivity contribution in [2.24, 2.45) is 0 Å². The molecule has 1 heterocycles. The number of hydrogen-bond acceptors (Lipinski definition) is 3. The highest BCUT2D eigenvalue weighted by Gasteiger charge is 2.10. The number of carboxylic acids is 1. The average Bonchev–Trinajstić information content (AvgIpc) is 2.67. The molecule has 3 aromatic rings. The highest BCUT2D eigenvalue weighted by Crippen LogP contribution is 2.20. The quantitative estimate of drug-likeness (QED) is 0.628. The molecule has 0 saturated heterocycles. The molecule has 134 valence electrons. The fourth-order valence-corrected chi connectivity index (χ4v) is 2.55. The minimum atomic E-state index is -1.03. The molecule has 0 saturated carbocycles. The molecule has 0 aliphatic carbocycles. The maximum atomic E-state index is 12.5. The van der Waals surface area contributed by atoms with E-state index in [0.717, 1.165) is 11.6 Å². The molecule has 2 N–H and O–H groups in total. The van der Waals surface area contributed by atoms with Gasteiger partial charge in [0.2, 0.25) is 0 Å². The van der Waals surface area contributed by atoms with Crippen LogP contribution in [0.5, 0.6) is 0 Å². The third kappa shape index (κ3) is 5.03. The molecule has 0 bridgehead atoms. The first-order valence-electron chi connectivity index (χ1n) is 8.07. The van der Waals surface area contributed by atoms with Crippen LogP contribution in [0.2, 0.25) is 5.02 Å². The van der Waals surface area contributed by atoms with Crippen LogP contribution in [0.4, 0.5) is 5.69 Å². The lowest BCUT2D eigenvalue weighted by molar-refractivity contribution is -0.131. The minimum absolute atomic E-state index is 0.272. The van der Waals surface area contributed by atoms with Gasteiger partial charge in [-0.3, -0.25) is 4.79 Å². The van der Waals surface area contributed by atoms with Gasteiger partial charge in [0.25, 0.3) is 5.91 Å². The maximum absolute atomic E-state index is 12.5. The number of carbonyl (C=O) groups is 2. The number of pyridine rings is 1. The number of aliphatic carboxylic acids is 1. The molecule has 27 heavy (non-hydrogen) atoms. The first-order valence-corrected chi connectivity index (χ1v) is 8.44. The van der Waals surface area contributed by atoms with Gasteiger partial charge in [-0.15, -0.1) is 0 Å². The van der Waals surface area contributed by atoms with Crippen molar-refractivity contribution in [3.63, 3.8) is 0 Å². The maximum Gasteiger partial charge on any atom is 0.328 e. The van der Waals surface area contributed by atoms with E-state index in [1.807, 2.05) is 18.2 Å². The third-order valence-corrected chi connectivity index (χ3v) is 3.94. The molecule has 1 aromatic heterocycles. The van der Waals surface area contributed by atoms with Crippen molar-refractivity contribution in [1.29, 1.82) is 0 Å². The van der Waals surface area contributed by atoms with Crippen LogP contribution in [0.15, 0.2) is 72.8 Å². The smallest absolute Gasteiger partial charge is 0.328 e. The minimum Gasteiger partial charge on any atom is -0.478 e. The highest BCUT2D eigenvalue weighted by atomic mass is 35.5. The molecule has 0 fully saturated rings. The number of aromatic nitrogens is 1. The van der Waals surface area contributed by atoms with Gasteiger partial charge in [0.1, 0.15) is 5.69 Å². The summed E-state index contributed by atoms with van der Waals surface area (Å²) in [6.07, 6.45) is 2.50. The molecule has 0 spiro atoms. The molecular weight excluding hydrogens is 364 g/mol. The van der Waals surface area contributed by atoms with Crippen molar-refractivity contribution < 1.29 is 14.7 Å². The van der Waals surface area contributed by atoms with Gasteiger partial charge in [0.05, 0.1) is 5.69 Å². The van der Waals surface area contributed by atoms with E-state index in [9.17, 15) is 9.59 Å². The lowest BCUT2D eigenvalue weighted by atomic mass is 10.1. The summed E-state index contributed by atoms with van der Waals surface area (Å²) in [5.74, 6) is -1.39. The second kappa shape index (κ2) is 8.29. The number of nitrogens with one attached hydrogen (secondary N) is 1. The number of nitrogens with zero attached hydrogens (tertiary/aromatic N) is 1. The summed E-state index contributed by atoms with van der Waals surface area (Å²) in [6, 6.07) is 19.3. The van der Waals surface area contributed by atoms with E-state index < -0.39 is 5.97 Å². The second-order valence-corrected chi connectivity index (χ2v) is 6.10. The predicted octanol–water partition coefficient (Wildman–Crippen LogP) is 4.75. The molecule has 0 unspecified atom stereocenters. The number of amides is 1. The fourth-order valence-electron chi connectivity index (χ4n) is 2.43. The van der Waals surface area contributed by atoms with E-state index in [0.29, 0.717) is 22.0 Å². The fraction of sp³-hybridized carbons (Fsp3) is 0. The summed E-state index contributed by atoms with van der Waals surface area (Å²) < 4.78 is 0. The van der Waals surface area contributed by atoms with Crippen molar-refractivity contribution in [1.82, 2.24) is 4.98 Å². The molecule has 2 aromatic carbocycles. The van der Waals surface area contributed by atoms with E-state index in [4.69, 9.17) is 16.7 Å². The highest BCUT2D eigenvalue weighted by molar-refractivity contribution is 6.30. The van der Waals surface area contributed by atoms with Crippen molar-refractivity contribution in [3.8, 4) is 11.3 Å². The van der Waals surface area contributed by atoms with Gasteiger partial charge in [-0.1, -0.05) is 41.9 Å². The van der Waals surface area contributed by atoms with Crippen molar-refractivity contribution >= 4 is 35.2 Å². The molecule has 3 rings (SSSR count).